The van der Waals surface area contributed by atoms with Gasteiger partial charge in [0.1, 0.15) is 5.82 Å². The molecule has 1 fully saturated rings. The number of rotatable bonds is 2. The van der Waals surface area contributed by atoms with E-state index in [2.05, 4.69) is 25.2 Å². The van der Waals surface area contributed by atoms with Gasteiger partial charge in [0.25, 0.3) is 5.56 Å². The zero-order valence-electron chi connectivity index (χ0n) is 15.1. The standard InChI is InChI=1S/C20H22N6O/c27-19-9-18(15-1-5-22-12-17(15)24-19)26-7-3-13(4-8-26)20-23-11-14-10-21-6-2-16(14)25-20/h1,5,9,11-13,21H,2-4,6-8,10H2,(H,24,27). The van der Waals surface area contributed by atoms with Crippen LogP contribution in [-0.4, -0.2) is 39.6 Å². The normalized spacial score (nSPS) is 17.9. The highest BCUT2D eigenvalue weighted by atomic mass is 16.1. The van der Waals surface area contributed by atoms with Crippen molar-refractivity contribution in [1.29, 1.82) is 0 Å². The minimum absolute atomic E-state index is 0.0840. The van der Waals surface area contributed by atoms with Crippen LogP contribution in [0, 0.1) is 0 Å². The Morgan fingerprint density at radius 3 is 2.96 bits per heavy atom. The molecule has 0 aromatic carbocycles. The van der Waals surface area contributed by atoms with Crippen molar-refractivity contribution in [3.05, 3.63) is 58.2 Å². The number of fused-ring (bicyclic) bond motifs is 2. The number of aromatic nitrogens is 4. The molecule has 2 aliphatic heterocycles. The first-order chi connectivity index (χ1) is 13.3. The van der Waals surface area contributed by atoms with E-state index in [0.29, 0.717) is 5.92 Å². The monoisotopic (exact) mass is 362 g/mol. The number of anilines is 1. The maximum absolute atomic E-state index is 12.0. The average Bonchev–Trinajstić information content (AvgIpc) is 2.73. The summed E-state index contributed by atoms with van der Waals surface area (Å²) >= 11 is 0. The first-order valence-corrected chi connectivity index (χ1v) is 9.55. The zero-order chi connectivity index (χ0) is 18.2. The molecule has 0 radical (unpaired) electrons. The van der Waals surface area contributed by atoms with E-state index in [1.54, 1.807) is 18.5 Å². The molecule has 3 aromatic rings. The number of H-pyrrole nitrogens is 1. The van der Waals surface area contributed by atoms with Crippen LogP contribution in [0.4, 0.5) is 5.69 Å². The first kappa shape index (κ1) is 16.4. The topological polar surface area (TPSA) is 86.8 Å². The number of nitrogens with one attached hydrogen (secondary N) is 2. The van der Waals surface area contributed by atoms with Crippen molar-refractivity contribution >= 4 is 16.6 Å². The lowest BCUT2D eigenvalue weighted by molar-refractivity contribution is 0.481. The van der Waals surface area contributed by atoms with Crippen LogP contribution < -0.4 is 15.8 Å². The van der Waals surface area contributed by atoms with E-state index in [9.17, 15) is 4.79 Å². The Labute approximate surface area is 156 Å². The number of nitrogens with zero attached hydrogens (tertiary/aromatic N) is 4. The van der Waals surface area contributed by atoms with E-state index < -0.39 is 0 Å². The molecule has 7 nitrogen and oxygen atoms in total. The molecule has 0 unspecified atom stereocenters. The largest absolute Gasteiger partial charge is 0.371 e. The van der Waals surface area contributed by atoms with Crippen molar-refractivity contribution < 1.29 is 0 Å². The summed E-state index contributed by atoms with van der Waals surface area (Å²) in [5.41, 5.74) is 4.13. The summed E-state index contributed by atoms with van der Waals surface area (Å²) in [6.07, 6.45) is 8.45. The molecule has 1 saturated heterocycles. The third kappa shape index (κ3) is 3.08. The highest BCUT2D eigenvalue weighted by Gasteiger charge is 2.25. The predicted molar refractivity (Wildman–Crippen MR) is 104 cm³/mol. The lowest BCUT2D eigenvalue weighted by Gasteiger charge is -2.33. The third-order valence-corrected chi connectivity index (χ3v) is 5.65. The molecule has 2 aliphatic rings. The van der Waals surface area contributed by atoms with Gasteiger partial charge in [-0.05, 0) is 18.9 Å². The molecule has 2 N–H and O–H groups in total. The van der Waals surface area contributed by atoms with E-state index in [1.807, 2.05) is 12.3 Å². The number of piperidine rings is 1. The maximum atomic E-state index is 12.0. The fourth-order valence-electron chi connectivity index (χ4n) is 4.18. The summed E-state index contributed by atoms with van der Waals surface area (Å²) in [7, 11) is 0. The van der Waals surface area contributed by atoms with E-state index in [4.69, 9.17) is 4.98 Å². The second-order valence-electron chi connectivity index (χ2n) is 7.33. The number of hydrogen-bond donors (Lipinski definition) is 2. The second-order valence-corrected chi connectivity index (χ2v) is 7.33. The van der Waals surface area contributed by atoms with Crippen molar-refractivity contribution in [2.24, 2.45) is 0 Å². The predicted octanol–water partition coefficient (Wildman–Crippen LogP) is 1.74. The van der Waals surface area contributed by atoms with Gasteiger partial charge in [0.15, 0.2) is 0 Å². The van der Waals surface area contributed by atoms with E-state index >= 15 is 0 Å². The maximum Gasteiger partial charge on any atom is 0.250 e. The van der Waals surface area contributed by atoms with Crippen molar-refractivity contribution in [2.45, 2.75) is 31.7 Å². The average molecular weight is 362 g/mol. The molecule has 0 atom stereocenters. The SMILES string of the molecule is O=c1cc(N2CCC(c3ncc4c(n3)CCNC4)CC2)c2ccncc2[nH]1. The van der Waals surface area contributed by atoms with Crippen LogP contribution in [0.5, 0.6) is 0 Å². The molecular formula is C20H22N6O. The molecule has 27 heavy (non-hydrogen) atoms. The van der Waals surface area contributed by atoms with Crippen LogP contribution in [0.15, 0.2) is 35.5 Å². The van der Waals surface area contributed by atoms with Gasteiger partial charge >= 0.3 is 0 Å². The van der Waals surface area contributed by atoms with Crippen molar-refractivity contribution in [1.82, 2.24) is 25.3 Å². The molecule has 138 valence electrons. The van der Waals surface area contributed by atoms with Crippen LogP contribution in [-0.2, 0) is 13.0 Å². The first-order valence-electron chi connectivity index (χ1n) is 9.55. The Kier molecular flexibility index (Phi) is 4.09. The van der Waals surface area contributed by atoms with Crippen LogP contribution in [0.3, 0.4) is 0 Å². The van der Waals surface area contributed by atoms with Gasteiger partial charge in [-0.3, -0.25) is 9.78 Å². The molecule has 0 saturated carbocycles. The summed E-state index contributed by atoms with van der Waals surface area (Å²) in [6.45, 7) is 3.66. The summed E-state index contributed by atoms with van der Waals surface area (Å²) in [4.78, 5) is 30.8. The lowest BCUT2D eigenvalue weighted by Crippen LogP contribution is -2.34. The van der Waals surface area contributed by atoms with Crippen LogP contribution in [0.25, 0.3) is 10.9 Å². The minimum atomic E-state index is -0.0840. The Hall–Kier alpha value is -2.80. The highest BCUT2D eigenvalue weighted by Crippen LogP contribution is 2.31. The molecule has 0 spiro atoms. The van der Waals surface area contributed by atoms with E-state index in [-0.39, 0.29) is 5.56 Å². The summed E-state index contributed by atoms with van der Waals surface area (Å²) in [6, 6.07) is 3.67. The second kappa shape index (κ2) is 6.74. The third-order valence-electron chi connectivity index (χ3n) is 5.65. The van der Waals surface area contributed by atoms with Crippen LogP contribution >= 0.6 is 0 Å². The van der Waals surface area contributed by atoms with Gasteiger partial charge in [0, 0.05) is 73.6 Å². The molecule has 3 aromatic heterocycles. The van der Waals surface area contributed by atoms with Gasteiger partial charge < -0.3 is 15.2 Å². The van der Waals surface area contributed by atoms with Crippen LogP contribution in [0.2, 0.25) is 0 Å². The number of hydrogen-bond acceptors (Lipinski definition) is 6. The van der Waals surface area contributed by atoms with Gasteiger partial charge in [-0.1, -0.05) is 0 Å². The molecular weight excluding hydrogens is 340 g/mol. The van der Waals surface area contributed by atoms with E-state index in [1.165, 1.54) is 11.3 Å². The smallest absolute Gasteiger partial charge is 0.250 e. The van der Waals surface area contributed by atoms with Crippen molar-refractivity contribution in [3.8, 4) is 0 Å². The Balaban J connectivity index is 1.37. The van der Waals surface area contributed by atoms with Gasteiger partial charge in [-0.15, -0.1) is 0 Å². The van der Waals surface area contributed by atoms with Gasteiger partial charge in [-0.2, -0.15) is 0 Å². The van der Waals surface area contributed by atoms with Crippen molar-refractivity contribution in [2.75, 3.05) is 24.5 Å². The highest BCUT2D eigenvalue weighted by molar-refractivity contribution is 5.90. The summed E-state index contributed by atoms with van der Waals surface area (Å²) < 4.78 is 0. The summed E-state index contributed by atoms with van der Waals surface area (Å²) in [5.74, 6) is 1.37. The fraction of sp³-hybridized carbons (Fsp3) is 0.400. The molecule has 5 heterocycles. The van der Waals surface area contributed by atoms with Gasteiger partial charge in [0.2, 0.25) is 0 Å². The van der Waals surface area contributed by atoms with Gasteiger partial charge in [0.05, 0.1) is 17.4 Å². The lowest BCUT2D eigenvalue weighted by atomic mass is 9.94. The van der Waals surface area contributed by atoms with E-state index in [0.717, 1.165) is 67.9 Å². The Morgan fingerprint density at radius 2 is 2.07 bits per heavy atom. The molecule has 0 aliphatic carbocycles. The molecule has 7 heteroatoms. The number of aromatic amines is 1. The Bertz CT molecular complexity index is 1040. The molecule has 0 amide bonds. The molecule has 0 bridgehead atoms. The van der Waals surface area contributed by atoms with Gasteiger partial charge in [-0.25, -0.2) is 9.97 Å². The Morgan fingerprint density at radius 1 is 1.19 bits per heavy atom. The van der Waals surface area contributed by atoms with Crippen LogP contribution in [0.1, 0.15) is 35.8 Å². The summed E-state index contributed by atoms with van der Waals surface area (Å²) in [5, 5.41) is 4.41. The minimum Gasteiger partial charge on any atom is -0.371 e. The number of pyridine rings is 2. The van der Waals surface area contributed by atoms with Crippen molar-refractivity contribution in [3.63, 3.8) is 0 Å². The zero-order valence-corrected chi connectivity index (χ0v) is 15.1. The fourth-order valence-corrected chi connectivity index (χ4v) is 4.18. The quantitative estimate of drug-likeness (QED) is 0.722. The molecule has 5 rings (SSSR count).